The molecule has 4 nitrogen and oxygen atoms in total. The van der Waals surface area contributed by atoms with Crippen LogP contribution in [0.4, 0.5) is 5.69 Å². The number of fused-ring (bicyclic) bond motifs is 1. The molecule has 3 rings (SSSR count). The normalized spacial score (nSPS) is 15.3. The van der Waals surface area contributed by atoms with E-state index in [2.05, 4.69) is 31.3 Å². The van der Waals surface area contributed by atoms with Gasteiger partial charge in [-0.05, 0) is 44.2 Å². The predicted molar refractivity (Wildman–Crippen MR) is 84.0 cm³/mol. The summed E-state index contributed by atoms with van der Waals surface area (Å²) in [5.74, 6) is -0.471. The van der Waals surface area contributed by atoms with Crippen LogP contribution in [0.5, 0.6) is 0 Å². The van der Waals surface area contributed by atoms with E-state index < -0.39 is 0 Å². The van der Waals surface area contributed by atoms with Crippen LogP contribution in [0.25, 0.3) is 0 Å². The van der Waals surface area contributed by atoms with Gasteiger partial charge in [-0.15, -0.1) is 11.3 Å². The SMILES string of the molecule is Cc1ccc(C(C)Nc2ccc3c(c2)C(=O)N(C)C3=O)s1. The third kappa shape index (κ3) is 2.34. The number of hydrogen-bond acceptors (Lipinski definition) is 4. The highest BCUT2D eigenvalue weighted by Crippen LogP contribution is 2.29. The second-order valence-electron chi connectivity index (χ2n) is 5.24. The van der Waals surface area contributed by atoms with E-state index >= 15 is 0 Å². The smallest absolute Gasteiger partial charge is 0.261 e. The first kappa shape index (κ1) is 13.8. The molecular weight excluding hydrogens is 284 g/mol. The number of thiophene rings is 1. The van der Waals surface area contributed by atoms with Gasteiger partial charge in [0.15, 0.2) is 0 Å². The molecule has 0 radical (unpaired) electrons. The Morgan fingerprint density at radius 1 is 1.10 bits per heavy atom. The van der Waals surface area contributed by atoms with Crippen molar-refractivity contribution in [3.8, 4) is 0 Å². The van der Waals surface area contributed by atoms with E-state index in [0.29, 0.717) is 11.1 Å². The van der Waals surface area contributed by atoms with Crippen LogP contribution in [0.1, 0.15) is 43.4 Å². The quantitative estimate of drug-likeness (QED) is 0.883. The number of rotatable bonds is 3. The molecule has 108 valence electrons. The molecule has 21 heavy (non-hydrogen) atoms. The van der Waals surface area contributed by atoms with E-state index in [4.69, 9.17) is 0 Å². The second kappa shape index (κ2) is 5.00. The molecular formula is C16H16N2O2S. The number of hydrogen-bond donors (Lipinski definition) is 1. The van der Waals surface area contributed by atoms with Crippen molar-refractivity contribution in [2.24, 2.45) is 0 Å². The summed E-state index contributed by atoms with van der Waals surface area (Å²) in [6.07, 6.45) is 0. The zero-order chi connectivity index (χ0) is 15.1. The van der Waals surface area contributed by atoms with E-state index in [-0.39, 0.29) is 17.9 Å². The summed E-state index contributed by atoms with van der Waals surface area (Å²) in [5, 5.41) is 3.38. The molecule has 0 fully saturated rings. The molecule has 0 saturated heterocycles. The van der Waals surface area contributed by atoms with Crippen molar-refractivity contribution in [3.05, 3.63) is 51.2 Å². The standard InChI is InChI=1S/C16H16N2O2S/c1-9-4-7-14(21-9)10(2)17-11-5-6-12-13(8-11)16(20)18(3)15(12)19/h4-8,10,17H,1-3H3. The molecule has 0 bridgehead atoms. The average molecular weight is 300 g/mol. The van der Waals surface area contributed by atoms with Gasteiger partial charge in [-0.1, -0.05) is 0 Å². The lowest BCUT2D eigenvalue weighted by atomic mass is 10.1. The van der Waals surface area contributed by atoms with Gasteiger partial charge >= 0.3 is 0 Å². The molecule has 2 aromatic rings. The minimum Gasteiger partial charge on any atom is -0.378 e. The number of aryl methyl sites for hydroxylation is 1. The molecule has 2 amide bonds. The van der Waals surface area contributed by atoms with Gasteiger partial charge in [0.1, 0.15) is 0 Å². The first-order valence-electron chi connectivity index (χ1n) is 6.76. The summed E-state index contributed by atoms with van der Waals surface area (Å²) in [6.45, 7) is 4.16. The van der Waals surface area contributed by atoms with Crippen molar-refractivity contribution in [2.45, 2.75) is 19.9 Å². The van der Waals surface area contributed by atoms with Gasteiger partial charge in [0, 0.05) is 22.5 Å². The van der Waals surface area contributed by atoms with Crippen LogP contribution in [0.3, 0.4) is 0 Å². The summed E-state index contributed by atoms with van der Waals surface area (Å²) in [6, 6.07) is 9.68. The molecule has 1 N–H and O–H groups in total. The molecule has 0 saturated carbocycles. The van der Waals surface area contributed by atoms with Crippen LogP contribution in [0, 0.1) is 6.92 Å². The largest absolute Gasteiger partial charge is 0.378 e. The van der Waals surface area contributed by atoms with Crippen molar-refractivity contribution < 1.29 is 9.59 Å². The number of nitrogens with one attached hydrogen (secondary N) is 1. The molecule has 1 aliphatic rings. The molecule has 0 aliphatic carbocycles. The van der Waals surface area contributed by atoms with Crippen molar-refractivity contribution in [1.29, 1.82) is 0 Å². The molecule has 5 heteroatoms. The molecule has 1 unspecified atom stereocenters. The predicted octanol–water partition coefficient (Wildman–Crippen LogP) is 3.46. The zero-order valence-electron chi connectivity index (χ0n) is 12.1. The monoisotopic (exact) mass is 300 g/mol. The Hall–Kier alpha value is -2.14. The van der Waals surface area contributed by atoms with Crippen LogP contribution in [-0.4, -0.2) is 23.8 Å². The second-order valence-corrected chi connectivity index (χ2v) is 6.56. The van der Waals surface area contributed by atoms with Crippen LogP contribution < -0.4 is 5.32 Å². The van der Waals surface area contributed by atoms with E-state index in [9.17, 15) is 9.59 Å². The first-order chi connectivity index (χ1) is 9.97. The highest BCUT2D eigenvalue weighted by Gasteiger charge is 2.32. The number of benzene rings is 1. The van der Waals surface area contributed by atoms with Gasteiger partial charge in [0.05, 0.1) is 17.2 Å². The highest BCUT2D eigenvalue weighted by molar-refractivity contribution is 7.12. The fourth-order valence-corrected chi connectivity index (χ4v) is 3.34. The zero-order valence-corrected chi connectivity index (χ0v) is 13.0. The highest BCUT2D eigenvalue weighted by atomic mass is 32.1. The van der Waals surface area contributed by atoms with Crippen LogP contribution >= 0.6 is 11.3 Å². The lowest BCUT2D eigenvalue weighted by molar-refractivity contribution is 0.0693. The number of imide groups is 1. The number of amides is 2. The van der Waals surface area contributed by atoms with Crippen molar-refractivity contribution in [2.75, 3.05) is 12.4 Å². The Kier molecular flexibility index (Phi) is 3.29. The van der Waals surface area contributed by atoms with E-state index in [1.165, 1.54) is 16.8 Å². The molecule has 1 atom stereocenters. The van der Waals surface area contributed by atoms with Crippen molar-refractivity contribution >= 4 is 28.8 Å². The summed E-state index contributed by atoms with van der Waals surface area (Å²) >= 11 is 1.75. The first-order valence-corrected chi connectivity index (χ1v) is 7.58. The van der Waals surface area contributed by atoms with E-state index in [1.807, 2.05) is 6.07 Å². The number of nitrogens with zero attached hydrogens (tertiary/aromatic N) is 1. The molecule has 1 aliphatic heterocycles. The van der Waals surface area contributed by atoms with Gasteiger partial charge in [-0.2, -0.15) is 0 Å². The minimum absolute atomic E-state index is 0.159. The number of carbonyl (C=O) groups excluding carboxylic acids is 2. The average Bonchev–Trinajstić information content (AvgIpc) is 2.98. The summed E-state index contributed by atoms with van der Waals surface area (Å²) < 4.78 is 0. The van der Waals surface area contributed by atoms with Crippen LogP contribution in [-0.2, 0) is 0 Å². The Labute approximate surface area is 127 Å². The maximum Gasteiger partial charge on any atom is 0.261 e. The van der Waals surface area contributed by atoms with Crippen molar-refractivity contribution in [1.82, 2.24) is 4.90 Å². The lowest BCUT2D eigenvalue weighted by Gasteiger charge is -2.14. The number of carbonyl (C=O) groups is 2. The Balaban J connectivity index is 1.85. The summed E-state index contributed by atoms with van der Waals surface area (Å²) in [7, 11) is 1.51. The summed E-state index contributed by atoms with van der Waals surface area (Å²) in [4.78, 5) is 27.5. The van der Waals surface area contributed by atoms with Crippen molar-refractivity contribution in [3.63, 3.8) is 0 Å². The molecule has 1 aromatic heterocycles. The van der Waals surface area contributed by atoms with Gasteiger partial charge in [-0.25, -0.2) is 0 Å². The number of anilines is 1. The van der Waals surface area contributed by atoms with Gasteiger partial charge in [0.2, 0.25) is 0 Å². The maximum atomic E-state index is 12.0. The topological polar surface area (TPSA) is 49.4 Å². The Morgan fingerprint density at radius 3 is 2.48 bits per heavy atom. The Morgan fingerprint density at radius 2 is 1.81 bits per heavy atom. The van der Waals surface area contributed by atoms with Crippen LogP contribution in [0.15, 0.2) is 30.3 Å². The van der Waals surface area contributed by atoms with Gasteiger partial charge < -0.3 is 5.32 Å². The Bertz CT molecular complexity index is 736. The molecule has 1 aromatic carbocycles. The fourth-order valence-electron chi connectivity index (χ4n) is 2.46. The van der Waals surface area contributed by atoms with Gasteiger partial charge in [-0.3, -0.25) is 14.5 Å². The van der Waals surface area contributed by atoms with Gasteiger partial charge in [0.25, 0.3) is 11.8 Å². The third-order valence-electron chi connectivity index (χ3n) is 3.66. The molecule has 2 heterocycles. The minimum atomic E-state index is -0.238. The fraction of sp³-hybridized carbons (Fsp3) is 0.250. The summed E-state index contributed by atoms with van der Waals surface area (Å²) in [5.41, 5.74) is 1.80. The van der Waals surface area contributed by atoms with E-state index in [0.717, 1.165) is 10.6 Å². The third-order valence-corrected chi connectivity index (χ3v) is 4.84. The lowest BCUT2D eigenvalue weighted by Crippen LogP contribution is -2.24. The van der Waals surface area contributed by atoms with E-state index in [1.54, 1.807) is 23.5 Å². The molecule has 0 spiro atoms. The van der Waals surface area contributed by atoms with Crippen LogP contribution in [0.2, 0.25) is 0 Å². The maximum absolute atomic E-state index is 12.0.